The molecule has 1 N–H and O–H groups in total. The second-order valence-electron chi connectivity index (χ2n) is 6.97. The Kier molecular flexibility index (Phi) is 6.39. The first-order chi connectivity index (χ1) is 13.0. The summed E-state index contributed by atoms with van der Waals surface area (Å²) in [6.07, 6.45) is 2.01. The first-order valence-electron chi connectivity index (χ1n) is 9.71. The zero-order chi connectivity index (χ0) is 19.3. The topological polar surface area (TPSA) is 52.7 Å². The van der Waals surface area contributed by atoms with Crippen molar-refractivity contribution in [1.82, 2.24) is 4.90 Å². The monoisotopic (exact) mass is 387 g/mol. The minimum absolute atomic E-state index is 0.294. The van der Waals surface area contributed by atoms with Crippen LogP contribution in [0.3, 0.4) is 0 Å². The number of likely N-dealkylation sites (N-methyl/N-ethyl adjacent to an activating group) is 1. The number of anilines is 2. The Balaban J connectivity index is 1.65. The van der Waals surface area contributed by atoms with E-state index in [2.05, 4.69) is 28.4 Å². The quantitative estimate of drug-likeness (QED) is 0.789. The van der Waals surface area contributed by atoms with Crippen LogP contribution in [0.1, 0.15) is 25.8 Å². The molecule has 0 aromatic heterocycles. The van der Waals surface area contributed by atoms with Crippen LogP contribution in [0.15, 0.2) is 53.4 Å². The van der Waals surface area contributed by atoms with Gasteiger partial charge in [-0.15, -0.1) is 0 Å². The summed E-state index contributed by atoms with van der Waals surface area (Å²) in [7, 11) is -3.56. The maximum Gasteiger partial charge on any atom is 0.261 e. The van der Waals surface area contributed by atoms with Gasteiger partial charge in [0.25, 0.3) is 10.0 Å². The summed E-state index contributed by atoms with van der Waals surface area (Å²) in [6, 6.07) is 14.8. The highest BCUT2D eigenvalue weighted by atomic mass is 32.2. The van der Waals surface area contributed by atoms with E-state index in [4.69, 9.17) is 0 Å². The number of hydrogen-bond donors (Lipinski definition) is 1. The lowest BCUT2D eigenvalue weighted by molar-refractivity contribution is 0.271. The molecule has 0 bridgehead atoms. The van der Waals surface area contributed by atoms with Gasteiger partial charge in [0, 0.05) is 37.6 Å². The summed E-state index contributed by atoms with van der Waals surface area (Å²) in [4.78, 5) is 5.07. The van der Waals surface area contributed by atoms with Crippen LogP contribution in [0.5, 0.6) is 0 Å². The van der Waals surface area contributed by atoms with Crippen molar-refractivity contribution in [3.05, 3.63) is 54.1 Å². The summed E-state index contributed by atoms with van der Waals surface area (Å²) >= 11 is 0. The number of sulfonamides is 1. The van der Waals surface area contributed by atoms with Crippen molar-refractivity contribution in [2.45, 2.75) is 31.6 Å². The zero-order valence-corrected chi connectivity index (χ0v) is 17.0. The number of nitrogens with zero attached hydrogens (tertiary/aromatic N) is 2. The van der Waals surface area contributed by atoms with Gasteiger partial charge in [-0.3, -0.25) is 4.72 Å². The third kappa shape index (κ3) is 5.02. The Bertz CT molecular complexity index is 825. The molecule has 1 aliphatic rings. The summed E-state index contributed by atoms with van der Waals surface area (Å²) in [5, 5.41) is 0. The molecule has 0 aliphatic carbocycles. The van der Waals surface area contributed by atoms with E-state index in [1.54, 1.807) is 12.1 Å². The predicted molar refractivity (Wildman–Crippen MR) is 112 cm³/mol. The maximum atomic E-state index is 12.6. The number of rotatable bonds is 7. The second kappa shape index (κ2) is 8.76. The van der Waals surface area contributed by atoms with E-state index in [1.807, 2.05) is 36.4 Å². The number of hydrogen-bond acceptors (Lipinski definition) is 4. The van der Waals surface area contributed by atoms with Crippen molar-refractivity contribution in [1.29, 1.82) is 0 Å². The molecule has 146 valence electrons. The third-order valence-corrected chi connectivity index (χ3v) is 6.47. The molecular weight excluding hydrogens is 358 g/mol. The summed E-state index contributed by atoms with van der Waals surface area (Å²) in [6.45, 7) is 9.53. The van der Waals surface area contributed by atoms with Gasteiger partial charge in [0.05, 0.1) is 4.90 Å². The average Bonchev–Trinajstić information content (AvgIpc) is 2.69. The van der Waals surface area contributed by atoms with Gasteiger partial charge in [-0.2, -0.15) is 0 Å². The van der Waals surface area contributed by atoms with E-state index in [1.165, 1.54) is 0 Å². The van der Waals surface area contributed by atoms with Crippen LogP contribution >= 0.6 is 0 Å². The van der Waals surface area contributed by atoms with Crippen LogP contribution in [0, 0.1) is 0 Å². The zero-order valence-electron chi connectivity index (χ0n) is 16.2. The van der Waals surface area contributed by atoms with Gasteiger partial charge >= 0.3 is 0 Å². The van der Waals surface area contributed by atoms with Gasteiger partial charge in [-0.25, -0.2) is 8.42 Å². The molecule has 1 aliphatic heterocycles. The van der Waals surface area contributed by atoms with Gasteiger partial charge < -0.3 is 9.80 Å². The fourth-order valence-corrected chi connectivity index (χ4v) is 4.46. The molecule has 0 unspecified atom stereocenters. The van der Waals surface area contributed by atoms with E-state index in [-0.39, 0.29) is 0 Å². The van der Waals surface area contributed by atoms with Gasteiger partial charge in [0.1, 0.15) is 0 Å². The lowest BCUT2D eigenvalue weighted by atomic mass is 10.1. The lowest BCUT2D eigenvalue weighted by Crippen LogP contribution is -2.46. The molecule has 3 rings (SSSR count). The number of aryl methyl sites for hydroxylation is 1. The average molecular weight is 388 g/mol. The Labute approximate surface area is 163 Å². The van der Waals surface area contributed by atoms with Gasteiger partial charge in [0.15, 0.2) is 0 Å². The molecular formula is C21H29N3O2S. The Morgan fingerprint density at radius 1 is 0.889 bits per heavy atom. The number of nitrogens with one attached hydrogen (secondary N) is 1. The first-order valence-corrected chi connectivity index (χ1v) is 11.2. The smallest absolute Gasteiger partial charge is 0.261 e. The standard InChI is InChI=1S/C21H29N3O2S/c1-3-5-18-6-12-21(13-7-18)27(25,26)22-19-8-10-20(11-9-19)24-16-14-23(4-2)15-17-24/h6-13,22H,3-5,14-17H2,1-2H3. The first kappa shape index (κ1) is 19.7. The fourth-order valence-electron chi connectivity index (χ4n) is 3.40. The molecule has 1 fully saturated rings. The highest BCUT2D eigenvalue weighted by Gasteiger charge is 2.17. The van der Waals surface area contributed by atoms with Crippen LogP contribution in [-0.2, 0) is 16.4 Å². The Hall–Kier alpha value is -2.05. The lowest BCUT2D eigenvalue weighted by Gasteiger charge is -2.35. The van der Waals surface area contributed by atoms with E-state index in [9.17, 15) is 8.42 Å². The normalized spacial score (nSPS) is 15.7. The van der Waals surface area contributed by atoms with Crippen molar-refractivity contribution in [2.75, 3.05) is 42.3 Å². The number of piperazine rings is 1. The molecule has 1 heterocycles. The molecule has 1 saturated heterocycles. The van der Waals surface area contributed by atoms with Crippen molar-refractivity contribution in [3.63, 3.8) is 0 Å². The highest BCUT2D eigenvalue weighted by Crippen LogP contribution is 2.22. The molecule has 0 spiro atoms. The van der Waals surface area contributed by atoms with E-state index in [0.29, 0.717) is 10.6 Å². The van der Waals surface area contributed by atoms with Crippen LogP contribution in [0.4, 0.5) is 11.4 Å². The Morgan fingerprint density at radius 2 is 1.52 bits per heavy atom. The maximum absolute atomic E-state index is 12.6. The molecule has 6 heteroatoms. The third-order valence-electron chi connectivity index (χ3n) is 5.08. The largest absolute Gasteiger partial charge is 0.369 e. The van der Waals surface area contributed by atoms with Crippen molar-refractivity contribution in [3.8, 4) is 0 Å². The minimum Gasteiger partial charge on any atom is -0.369 e. The minimum atomic E-state index is -3.56. The molecule has 0 radical (unpaired) electrons. The highest BCUT2D eigenvalue weighted by molar-refractivity contribution is 7.92. The molecule has 0 atom stereocenters. The van der Waals surface area contributed by atoms with Crippen molar-refractivity contribution >= 4 is 21.4 Å². The van der Waals surface area contributed by atoms with Crippen molar-refractivity contribution in [2.24, 2.45) is 0 Å². The van der Waals surface area contributed by atoms with E-state index >= 15 is 0 Å². The SMILES string of the molecule is CCCc1ccc(S(=O)(=O)Nc2ccc(N3CCN(CC)CC3)cc2)cc1. The van der Waals surface area contributed by atoms with Crippen LogP contribution < -0.4 is 9.62 Å². The fraction of sp³-hybridized carbons (Fsp3) is 0.429. The van der Waals surface area contributed by atoms with Crippen LogP contribution in [-0.4, -0.2) is 46.0 Å². The molecule has 5 nitrogen and oxygen atoms in total. The summed E-state index contributed by atoms with van der Waals surface area (Å²) in [5.74, 6) is 0. The van der Waals surface area contributed by atoms with Gasteiger partial charge in [-0.1, -0.05) is 32.4 Å². The van der Waals surface area contributed by atoms with E-state index < -0.39 is 10.0 Å². The van der Waals surface area contributed by atoms with Crippen molar-refractivity contribution < 1.29 is 8.42 Å². The number of benzene rings is 2. The van der Waals surface area contributed by atoms with Gasteiger partial charge in [-0.05, 0) is 54.9 Å². The molecule has 0 saturated carbocycles. The Morgan fingerprint density at radius 3 is 2.07 bits per heavy atom. The molecule has 2 aromatic carbocycles. The van der Waals surface area contributed by atoms with Gasteiger partial charge in [0.2, 0.25) is 0 Å². The second-order valence-corrected chi connectivity index (χ2v) is 8.65. The van der Waals surface area contributed by atoms with Crippen LogP contribution in [0.25, 0.3) is 0 Å². The summed E-state index contributed by atoms with van der Waals surface area (Å²) < 4.78 is 27.9. The molecule has 27 heavy (non-hydrogen) atoms. The molecule has 2 aromatic rings. The van der Waals surface area contributed by atoms with Crippen LogP contribution in [0.2, 0.25) is 0 Å². The molecule has 0 amide bonds. The van der Waals surface area contributed by atoms with E-state index in [0.717, 1.165) is 56.8 Å². The predicted octanol–water partition coefficient (Wildman–Crippen LogP) is 3.58. The summed E-state index contributed by atoms with van der Waals surface area (Å²) in [5.41, 5.74) is 2.88.